The Bertz CT molecular complexity index is 978. The van der Waals surface area contributed by atoms with Gasteiger partial charge in [-0.1, -0.05) is 17.7 Å². The van der Waals surface area contributed by atoms with Crippen LogP contribution in [0.5, 0.6) is 0 Å². The highest BCUT2D eigenvalue weighted by atomic mass is 19.4. The number of halogens is 16. The number of benzene rings is 1. The molecule has 1 aromatic carbocycles. The third kappa shape index (κ3) is 4.22. The van der Waals surface area contributed by atoms with Gasteiger partial charge in [-0.3, -0.25) is 4.79 Å². The summed E-state index contributed by atoms with van der Waals surface area (Å²) in [6.45, 7) is 3.56. The molecular formula is C18H13F16NO. The fourth-order valence-electron chi connectivity index (χ4n) is 2.85. The lowest BCUT2D eigenvalue weighted by molar-refractivity contribution is -0.443. The predicted molar refractivity (Wildman–Crippen MR) is 89.9 cm³/mol. The normalized spacial score (nSPS) is 14.9. The first-order chi connectivity index (χ1) is 15.7. The minimum Gasteiger partial charge on any atom is -0.320 e. The smallest absolute Gasteiger partial charge is 0.320 e. The molecule has 0 aliphatic rings. The maximum atomic E-state index is 14.0. The van der Waals surface area contributed by atoms with Crippen LogP contribution in [0.25, 0.3) is 0 Å². The summed E-state index contributed by atoms with van der Waals surface area (Å²) in [6.07, 6.45) is -5.92. The average molecular weight is 563 g/mol. The Labute approximate surface area is 190 Å². The third-order valence-corrected chi connectivity index (χ3v) is 4.87. The molecule has 1 rings (SSSR count). The molecule has 1 N–H and O–H groups in total. The molecule has 0 atom stereocenters. The molecule has 0 aromatic heterocycles. The molecule has 18 heteroatoms. The van der Waals surface area contributed by atoms with Crippen LogP contribution in [-0.2, 0) is 4.79 Å². The van der Waals surface area contributed by atoms with Crippen molar-refractivity contribution in [2.45, 2.75) is 68.7 Å². The van der Waals surface area contributed by atoms with Crippen LogP contribution in [0.3, 0.4) is 0 Å². The van der Waals surface area contributed by atoms with Gasteiger partial charge in [0.25, 0.3) is 0 Å². The molecular weight excluding hydrogens is 550 g/mol. The number of hydrogen-bond donors (Lipinski definition) is 1. The van der Waals surface area contributed by atoms with E-state index in [1.807, 2.05) is 0 Å². The lowest BCUT2D eigenvalue weighted by Crippen LogP contribution is -2.74. The zero-order valence-corrected chi connectivity index (χ0v) is 17.7. The van der Waals surface area contributed by atoms with Gasteiger partial charge in [0.05, 0.1) is 0 Å². The standard InChI is InChI=1S/C18H13F16NO/c1-6-4-7(2)9(8(3)5-6)35-11(36)13(23,24)15(27,28)17(31,32)18(33,34)16(29,30)14(25,26)12(21,22)10(19)20/h4-5,10H,1-3H3,(H,35,36). The van der Waals surface area contributed by atoms with Crippen molar-refractivity contribution < 1.29 is 75.0 Å². The molecule has 0 heterocycles. The maximum Gasteiger partial charge on any atom is 0.393 e. The minimum atomic E-state index is -8.55. The number of anilines is 1. The molecule has 0 bridgehead atoms. The Morgan fingerprint density at radius 1 is 0.639 bits per heavy atom. The highest BCUT2D eigenvalue weighted by molar-refractivity contribution is 5.98. The highest BCUT2D eigenvalue weighted by Gasteiger charge is 2.94. The summed E-state index contributed by atoms with van der Waals surface area (Å²) >= 11 is 0. The summed E-state index contributed by atoms with van der Waals surface area (Å²) in [7, 11) is 0. The van der Waals surface area contributed by atoms with E-state index in [0.717, 1.165) is 31.3 Å². The third-order valence-electron chi connectivity index (χ3n) is 4.87. The fraction of sp³-hybridized carbons (Fsp3) is 0.611. The monoisotopic (exact) mass is 563 g/mol. The molecule has 0 saturated carbocycles. The number of carbonyl (C=O) groups excluding carboxylic acids is 1. The van der Waals surface area contributed by atoms with Crippen molar-refractivity contribution in [3.05, 3.63) is 28.8 Å². The van der Waals surface area contributed by atoms with Gasteiger partial charge in [0.1, 0.15) is 0 Å². The van der Waals surface area contributed by atoms with Crippen LogP contribution in [0.2, 0.25) is 0 Å². The average Bonchev–Trinajstić information content (AvgIpc) is 2.69. The number of rotatable bonds is 9. The first kappa shape index (κ1) is 31.6. The lowest BCUT2D eigenvalue weighted by atomic mass is 9.89. The van der Waals surface area contributed by atoms with Crippen LogP contribution >= 0.6 is 0 Å². The number of alkyl halides is 16. The summed E-state index contributed by atoms with van der Waals surface area (Å²) < 4.78 is 214. The van der Waals surface area contributed by atoms with E-state index >= 15 is 0 Å². The zero-order valence-electron chi connectivity index (χ0n) is 17.7. The Morgan fingerprint density at radius 3 is 1.33 bits per heavy atom. The molecule has 208 valence electrons. The van der Waals surface area contributed by atoms with Crippen molar-refractivity contribution >= 4 is 11.6 Å². The first-order valence-corrected chi connectivity index (χ1v) is 8.98. The number of hydrogen-bond acceptors (Lipinski definition) is 1. The molecule has 2 nitrogen and oxygen atoms in total. The SMILES string of the molecule is Cc1cc(C)c(NC(=O)C(F)(F)C(F)(F)C(F)(F)C(F)(F)C(F)(F)C(F)(F)C(F)(F)C(F)F)c(C)c1. The molecule has 0 radical (unpaired) electrons. The summed E-state index contributed by atoms with van der Waals surface area (Å²) in [5.74, 6) is -59.7. The van der Waals surface area contributed by atoms with E-state index in [0.29, 0.717) is 5.56 Å². The summed E-state index contributed by atoms with van der Waals surface area (Å²) in [6, 6.07) is 2.26. The van der Waals surface area contributed by atoms with Crippen molar-refractivity contribution in [3.8, 4) is 0 Å². The van der Waals surface area contributed by atoms with Crippen molar-refractivity contribution in [1.82, 2.24) is 0 Å². The Kier molecular flexibility index (Phi) is 7.77. The van der Waals surface area contributed by atoms with Crippen molar-refractivity contribution in [1.29, 1.82) is 0 Å². The fourth-order valence-corrected chi connectivity index (χ4v) is 2.85. The van der Waals surface area contributed by atoms with Gasteiger partial charge in [0, 0.05) is 5.69 Å². The lowest BCUT2D eigenvalue weighted by Gasteiger charge is -2.42. The topological polar surface area (TPSA) is 29.1 Å². The highest BCUT2D eigenvalue weighted by Crippen LogP contribution is 2.62. The number of amides is 1. The van der Waals surface area contributed by atoms with Crippen LogP contribution < -0.4 is 5.32 Å². The van der Waals surface area contributed by atoms with E-state index in [-0.39, 0.29) is 11.1 Å². The molecule has 0 aliphatic carbocycles. The van der Waals surface area contributed by atoms with E-state index in [1.165, 1.54) is 6.92 Å². The van der Waals surface area contributed by atoms with Crippen molar-refractivity contribution in [2.75, 3.05) is 5.32 Å². The van der Waals surface area contributed by atoms with Crippen molar-refractivity contribution in [2.24, 2.45) is 0 Å². The van der Waals surface area contributed by atoms with Gasteiger partial charge in [-0.25, -0.2) is 8.78 Å². The minimum absolute atomic E-state index is 0.169. The number of aryl methyl sites for hydroxylation is 3. The summed E-state index contributed by atoms with van der Waals surface area (Å²) in [4.78, 5) is 11.7. The Morgan fingerprint density at radius 2 is 0.972 bits per heavy atom. The molecule has 0 unspecified atom stereocenters. The molecule has 0 saturated heterocycles. The molecule has 36 heavy (non-hydrogen) atoms. The maximum absolute atomic E-state index is 14.0. The van der Waals surface area contributed by atoms with Crippen LogP contribution in [0.15, 0.2) is 12.1 Å². The Hall–Kier alpha value is -2.43. The van der Waals surface area contributed by atoms with Crippen LogP contribution in [-0.4, -0.2) is 53.8 Å². The second-order valence-corrected chi connectivity index (χ2v) is 7.60. The van der Waals surface area contributed by atoms with Gasteiger partial charge in [0.2, 0.25) is 0 Å². The Balaban J connectivity index is 3.60. The quantitative estimate of drug-likeness (QED) is 0.315. The van der Waals surface area contributed by atoms with Crippen LogP contribution in [0.4, 0.5) is 75.9 Å². The van der Waals surface area contributed by atoms with E-state index in [2.05, 4.69) is 0 Å². The van der Waals surface area contributed by atoms with Gasteiger partial charge >= 0.3 is 53.8 Å². The molecule has 0 spiro atoms. The second kappa shape index (κ2) is 8.85. The second-order valence-electron chi connectivity index (χ2n) is 7.60. The molecule has 0 fully saturated rings. The zero-order chi connectivity index (χ0) is 29.1. The summed E-state index contributed by atoms with van der Waals surface area (Å²) in [5.41, 5.74) is -0.686. The van der Waals surface area contributed by atoms with Gasteiger partial charge in [-0.05, 0) is 31.9 Å². The molecule has 1 aromatic rings. The van der Waals surface area contributed by atoms with Crippen LogP contribution in [0, 0.1) is 20.8 Å². The van der Waals surface area contributed by atoms with E-state index < -0.39 is 59.5 Å². The van der Waals surface area contributed by atoms with E-state index in [1.54, 1.807) is 0 Å². The number of nitrogens with one attached hydrogen (secondary N) is 1. The van der Waals surface area contributed by atoms with Gasteiger partial charge < -0.3 is 5.32 Å². The van der Waals surface area contributed by atoms with E-state index in [9.17, 15) is 75.0 Å². The van der Waals surface area contributed by atoms with Gasteiger partial charge in [-0.15, -0.1) is 0 Å². The summed E-state index contributed by atoms with van der Waals surface area (Å²) in [5, 5.41) is 0.982. The largest absolute Gasteiger partial charge is 0.393 e. The molecule has 1 amide bonds. The van der Waals surface area contributed by atoms with Crippen molar-refractivity contribution in [3.63, 3.8) is 0 Å². The first-order valence-electron chi connectivity index (χ1n) is 8.98. The van der Waals surface area contributed by atoms with E-state index in [4.69, 9.17) is 0 Å². The number of carbonyl (C=O) groups is 1. The van der Waals surface area contributed by atoms with Gasteiger partial charge in [-0.2, -0.15) is 61.5 Å². The predicted octanol–water partition coefficient (Wildman–Crippen LogP) is 7.26. The molecule has 0 aliphatic heterocycles. The van der Waals surface area contributed by atoms with Crippen LogP contribution in [0.1, 0.15) is 16.7 Å². The van der Waals surface area contributed by atoms with Gasteiger partial charge in [0.15, 0.2) is 0 Å².